The van der Waals surface area contributed by atoms with Crippen LogP contribution in [0.1, 0.15) is 47.0 Å². The van der Waals surface area contributed by atoms with Crippen molar-refractivity contribution in [2.24, 2.45) is 23.5 Å². The molecule has 118 valence electrons. The predicted octanol–water partition coefficient (Wildman–Crippen LogP) is 1.84. The molecule has 0 aromatic heterocycles. The van der Waals surface area contributed by atoms with Crippen LogP contribution in [-0.2, 0) is 4.79 Å². The highest BCUT2D eigenvalue weighted by Gasteiger charge is 2.21. The Balaban J connectivity index is 2.09. The molecule has 0 bridgehead atoms. The van der Waals surface area contributed by atoms with Crippen molar-refractivity contribution in [1.82, 2.24) is 10.2 Å². The number of hydrogen-bond donors (Lipinski definition) is 2. The zero-order chi connectivity index (χ0) is 15.1. The lowest BCUT2D eigenvalue weighted by atomic mass is 9.92. The van der Waals surface area contributed by atoms with E-state index in [2.05, 4.69) is 24.1 Å². The summed E-state index contributed by atoms with van der Waals surface area (Å²) in [5.74, 6) is 1.63. The lowest BCUT2D eigenvalue weighted by molar-refractivity contribution is -0.124. The van der Waals surface area contributed by atoms with Gasteiger partial charge in [-0.25, -0.2) is 0 Å². The fourth-order valence-corrected chi connectivity index (χ4v) is 3.05. The van der Waals surface area contributed by atoms with Crippen LogP contribution in [0.4, 0.5) is 0 Å². The summed E-state index contributed by atoms with van der Waals surface area (Å²) in [5, 5.41) is 2.98. The van der Waals surface area contributed by atoms with Gasteiger partial charge in [-0.05, 0) is 44.6 Å². The van der Waals surface area contributed by atoms with E-state index in [1.807, 2.05) is 13.8 Å². The maximum absolute atomic E-state index is 11.7. The third kappa shape index (κ3) is 6.23. The molecule has 4 heteroatoms. The Labute approximate surface area is 124 Å². The summed E-state index contributed by atoms with van der Waals surface area (Å²) in [7, 11) is 0. The molecule has 1 aliphatic rings. The fraction of sp³-hybridized carbons (Fsp3) is 0.938. The Hall–Kier alpha value is -0.610. The zero-order valence-electron chi connectivity index (χ0n) is 13.7. The van der Waals surface area contributed by atoms with E-state index in [1.165, 1.54) is 19.5 Å². The Morgan fingerprint density at radius 1 is 1.25 bits per heavy atom. The summed E-state index contributed by atoms with van der Waals surface area (Å²) < 4.78 is 0. The van der Waals surface area contributed by atoms with Crippen LogP contribution in [0.3, 0.4) is 0 Å². The van der Waals surface area contributed by atoms with Gasteiger partial charge >= 0.3 is 0 Å². The molecule has 4 unspecified atom stereocenters. The van der Waals surface area contributed by atoms with E-state index in [9.17, 15) is 4.79 Å². The van der Waals surface area contributed by atoms with Crippen molar-refractivity contribution < 1.29 is 4.79 Å². The van der Waals surface area contributed by atoms with Crippen LogP contribution in [0.15, 0.2) is 0 Å². The quantitative estimate of drug-likeness (QED) is 0.701. The maximum Gasteiger partial charge on any atom is 0.224 e. The molecular weight excluding hydrogens is 250 g/mol. The molecule has 3 N–H and O–H groups in total. The van der Waals surface area contributed by atoms with E-state index in [0.29, 0.717) is 0 Å². The number of nitrogens with one attached hydrogen (secondary N) is 1. The van der Waals surface area contributed by atoms with Crippen LogP contribution in [0.5, 0.6) is 0 Å². The van der Waals surface area contributed by atoms with Gasteiger partial charge in [0.15, 0.2) is 0 Å². The highest BCUT2D eigenvalue weighted by molar-refractivity contribution is 5.78. The third-order valence-corrected chi connectivity index (χ3v) is 4.35. The normalized spacial score (nSPS) is 27.1. The molecule has 1 heterocycles. The summed E-state index contributed by atoms with van der Waals surface area (Å²) in [6.07, 6.45) is 3.57. The molecule has 1 saturated heterocycles. The molecule has 0 saturated carbocycles. The van der Waals surface area contributed by atoms with Crippen molar-refractivity contribution >= 4 is 5.91 Å². The SMILES string of the molecule is CC1CC(C)CN(CCCCNC(=O)C(C)C(C)N)C1. The first kappa shape index (κ1) is 17.4. The summed E-state index contributed by atoms with van der Waals surface area (Å²) in [4.78, 5) is 14.3. The third-order valence-electron chi connectivity index (χ3n) is 4.35. The molecule has 1 aliphatic heterocycles. The van der Waals surface area contributed by atoms with Gasteiger partial charge in [0.1, 0.15) is 0 Å². The zero-order valence-corrected chi connectivity index (χ0v) is 13.7. The van der Waals surface area contributed by atoms with Crippen LogP contribution in [0.25, 0.3) is 0 Å². The Bertz CT molecular complexity index is 283. The van der Waals surface area contributed by atoms with Gasteiger partial charge in [-0.2, -0.15) is 0 Å². The largest absolute Gasteiger partial charge is 0.356 e. The van der Waals surface area contributed by atoms with Crippen LogP contribution in [0, 0.1) is 17.8 Å². The lowest BCUT2D eigenvalue weighted by Gasteiger charge is -2.34. The van der Waals surface area contributed by atoms with E-state index >= 15 is 0 Å². The summed E-state index contributed by atoms with van der Waals surface area (Å²) in [6, 6.07) is -0.0775. The van der Waals surface area contributed by atoms with Gasteiger partial charge in [-0.1, -0.05) is 20.8 Å². The second-order valence-corrected chi connectivity index (χ2v) is 6.85. The maximum atomic E-state index is 11.7. The van der Waals surface area contributed by atoms with Gasteiger partial charge in [0, 0.05) is 31.6 Å². The van der Waals surface area contributed by atoms with Crippen molar-refractivity contribution in [2.75, 3.05) is 26.2 Å². The predicted molar refractivity (Wildman–Crippen MR) is 84.4 cm³/mol. The second-order valence-electron chi connectivity index (χ2n) is 6.85. The van der Waals surface area contributed by atoms with Gasteiger partial charge in [0.25, 0.3) is 0 Å². The van der Waals surface area contributed by atoms with Crippen molar-refractivity contribution in [3.05, 3.63) is 0 Å². The van der Waals surface area contributed by atoms with E-state index in [0.717, 1.165) is 37.8 Å². The standard InChI is InChI=1S/C16H33N3O/c1-12-9-13(2)11-19(10-12)8-6-5-7-18-16(20)14(3)15(4)17/h12-15H,5-11,17H2,1-4H3,(H,18,20). The van der Waals surface area contributed by atoms with Gasteiger partial charge in [-0.3, -0.25) is 4.79 Å². The van der Waals surface area contributed by atoms with E-state index in [4.69, 9.17) is 5.73 Å². The highest BCUT2D eigenvalue weighted by atomic mass is 16.1. The summed E-state index contributed by atoms with van der Waals surface area (Å²) in [5.41, 5.74) is 5.72. The van der Waals surface area contributed by atoms with Crippen LogP contribution in [-0.4, -0.2) is 43.0 Å². The van der Waals surface area contributed by atoms with Crippen molar-refractivity contribution in [3.63, 3.8) is 0 Å². The average molecular weight is 283 g/mol. The Morgan fingerprint density at radius 3 is 2.40 bits per heavy atom. The summed E-state index contributed by atoms with van der Waals surface area (Å²) in [6.45, 7) is 12.9. The van der Waals surface area contributed by atoms with Gasteiger partial charge in [-0.15, -0.1) is 0 Å². The Morgan fingerprint density at radius 2 is 1.85 bits per heavy atom. The van der Waals surface area contributed by atoms with Crippen molar-refractivity contribution in [3.8, 4) is 0 Å². The van der Waals surface area contributed by atoms with E-state index in [1.54, 1.807) is 0 Å². The molecular formula is C16H33N3O. The topological polar surface area (TPSA) is 58.4 Å². The number of hydrogen-bond acceptors (Lipinski definition) is 3. The molecule has 4 nitrogen and oxygen atoms in total. The molecule has 0 aromatic rings. The molecule has 0 aromatic carbocycles. The number of rotatable bonds is 7. The average Bonchev–Trinajstić information content (AvgIpc) is 2.35. The first-order chi connectivity index (χ1) is 9.40. The minimum atomic E-state index is -0.0983. The fourth-order valence-electron chi connectivity index (χ4n) is 3.05. The number of nitrogens with two attached hydrogens (primary N) is 1. The smallest absolute Gasteiger partial charge is 0.224 e. The number of carbonyl (C=O) groups excluding carboxylic acids is 1. The van der Waals surface area contributed by atoms with Crippen LogP contribution in [0.2, 0.25) is 0 Å². The number of unbranched alkanes of at least 4 members (excludes halogenated alkanes) is 1. The molecule has 1 rings (SSSR count). The lowest BCUT2D eigenvalue weighted by Crippen LogP contribution is -2.40. The molecule has 0 aliphatic carbocycles. The number of carbonyl (C=O) groups is 1. The number of likely N-dealkylation sites (tertiary alicyclic amines) is 1. The summed E-state index contributed by atoms with van der Waals surface area (Å²) >= 11 is 0. The number of nitrogens with zero attached hydrogens (tertiary/aromatic N) is 1. The van der Waals surface area contributed by atoms with Crippen molar-refractivity contribution in [1.29, 1.82) is 0 Å². The first-order valence-electron chi connectivity index (χ1n) is 8.15. The number of amides is 1. The van der Waals surface area contributed by atoms with Crippen molar-refractivity contribution in [2.45, 2.75) is 53.0 Å². The Kier molecular flexibility index (Phi) is 7.52. The molecule has 0 radical (unpaired) electrons. The minimum absolute atomic E-state index is 0.0775. The molecule has 1 amide bonds. The van der Waals surface area contributed by atoms with E-state index < -0.39 is 0 Å². The second kappa shape index (κ2) is 8.63. The monoisotopic (exact) mass is 283 g/mol. The first-order valence-corrected chi connectivity index (χ1v) is 8.15. The van der Waals surface area contributed by atoms with Crippen LogP contribution >= 0.6 is 0 Å². The minimum Gasteiger partial charge on any atom is -0.356 e. The van der Waals surface area contributed by atoms with Crippen LogP contribution < -0.4 is 11.1 Å². The molecule has 0 spiro atoms. The molecule has 20 heavy (non-hydrogen) atoms. The highest BCUT2D eigenvalue weighted by Crippen LogP contribution is 2.20. The number of piperidine rings is 1. The van der Waals surface area contributed by atoms with E-state index in [-0.39, 0.29) is 17.9 Å². The molecule has 4 atom stereocenters. The molecule has 1 fully saturated rings. The van der Waals surface area contributed by atoms with Gasteiger partial charge < -0.3 is 16.0 Å². The van der Waals surface area contributed by atoms with Gasteiger partial charge in [0.2, 0.25) is 5.91 Å². The van der Waals surface area contributed by atoms with Gasteiger partial charge in [0.05, 0.1) is 0 Å².